The molecule has 0 atom stereocenters. The van der Waals surface area contributed by atoms with Crippen molar-refractivity contribution in [1.82, 2.24) is 5.32 Å². The Balaban J connectivity index is 2.05. The predicted octanol–water partition coefficient (Wildman–Crippen LogP) is 4.49. The Bertz CT molecular complexity index is 872. The Morgan fingerprint density at radius 2 is 1.92 bits per heavy atom. The van der Waals surface area contributed by atoms with Crippen molar-refractivity contribution in [2.75, 3.05) is 5.32 Å². The molecule has 0 aliphatic heterocycles. The highest BCUT2D eigenvalue weighted by molar-refractivity contribution is 6.31. The highest BCUT2D eigenvalue weighted by Gasteiger charge is 2.30. The summed E-state index contributed by atoms with van der Waals surface area (Å²) in [6, 6.07) is 12.9. The molecular formula is C18H13ClF3N3O. The van der Waals surface area contributed by atoms with Crippen molar-refractivity contribution in [3.63, 3.8) is 0 Å². The van der Waals surface area contributed by atoms with Gasteiger partial charge in [-0.3, -0.25) is 4.79 Å². The number of alkyl halides is 3. The molecule has 0 saturated heterocycles. The van der Waals surface area contributed by atoms with E-state index in [-0.39, 0.29) is 17.8 Å². The van der Waals surface area contributed by atoms with Gasteiger partial charge in [0.1, 0.15) is 11.6 Å². The summed E-state index contributed by atoms with van der Waals surface area (Å²) in [5.74, 6) is -0.821. The number of nitrogens with one attached hydrogen (secondary N) is 2. The molecule has 134 valence electrons. The molecule has 0 aliphatic rings. The monoisotopic (exact) mass is 379 g/mol. The second kappa shape index (κ2) is 8.41. The third kappa shape index (κ3) is 5.26. The maximum Gasteiger partial charge on any atom is 0.416 e. The van der Waals surface area contributed by atoms with E-state index >= 15 is 0 Å². The maximum absolute atomic E-state index is 12.7. The minimum Gasteiger partial charge on any atom is -0.386 e. The van der Waals surface area contributed by atoms with Crippen LogP contribution in [-0.4, -0.2) is 5.91 Å². The molecule has 0 radical (unpaired) electrons. The molecule has 0 aliphatic carbocycles. The van der Waals surface area contributed by atoms with Crippen molar-refractivity contribution in [2.45, 2.75) is 12.7 Å². The first-order valence-electron chi connectivity index (χ1n) is 7.37. The van der Waals surface area contributed by atoms with Gasteiger partial charge in [0.25, 0.3) is 5.91 Å². The van der Waals surface area contributed by atoms with Gasteiger partial charge in [0.2, 0.25) is 0 Å². The Kier molecular flexibility index (Phi) is 6.26. The largest absolute Gasteiger partial charge is 0.416 e. The molecular weight excluding hydrogens is 367 g/mol. The second-order valence-electron chi connectivity index (χ2n) is 5.17. The van der Waals surface area contributed by atoms with Gasteiger partial charge in [-0.1, -0.05) is 35.9 Å². The van der Waals surface area contributed by atoms with Gasteiger partial charge >= 0.3 is 6.18 Å². The van der Waals surface area contributed by atoms with E-state index in [4.69, 9.17) is 16.9 Å². The van der Waals surface area contributed by atoms with E-state index in [9.17, 15) is 18.0 Å². The van der Waals surface area contributed by atoms with Gasteiger partial charge in [-0.2, -0.15) is 18.4 Å². The molecule has 0 heterocycles. The van der Waals surface area contributed by atoms with Crippen molar-refractivity contribution in [3.05, 3.63) is 76.5 Å². The lowest BCUT2D eigenvalue weighted by molar-refractivity contribution is -0.137. The Hall–Kier alpha value is -2.98. The van der Waals surface area contributed by atoms with Gasteiger partial charge in [0, 0.05) is 23.5 Å². The minimum absolute atomic E-state index is 0.0583. The van der Waals surface area contributed by atoms with Gasteiger partial charge in [-0.25, -0.2) is 0 Å². The molecule has 8 heteroatoms. The van der Waals surface area contributed by atoms with Crippen molar-refractivity contribution < 1.29 is 18.0 Å². The summed E-state index contributed by atoms with van der Waals surface area (Å²) in [5.41, 5.74) is -0.470. The molecule has 1 amide bonds. The third-order valence-corrected chi connectivity index (χ3v) is 3.68. The van der Waals surface area contributed by atoms with E-state index in [1.807, 2.05) is 0 Å². The highest BCUT2D eigenvalue weighted by atomic mass is 35.5. The summed E-state index contributed by atoms with van der Waals surface area (Å²) < 4.78 is 38.1. The zero-order valence-corrected chi connectivity index (χ0v) is 14.0. The maximum atomic E-state index is 12.7. The summed E-state index contributed by atoms with van der Waals surface area (Å²) in [5, 5.41) is 14.7. The number of halogens is 4. The number of benzene rings is 2. The van der Waals surface area contributed by atoms with Crippen LogP contribution in [0.25, 0.3) is 0 Å². The molecule has 0 unspecified atom stereocenters. The number of anilines is 1. The quantitative estimate of drug-likeness (QED) is 0.594. The second-order valence-corrected chi connectivity index (χ2v) is 5.58. The lowest BCUT2D eigenvalue weighted by atomic mass is 10.2. The molecule has 0 spiro atoms. The van der Waals surface area contributed by atoms with Crippen molar-refractivity contribution in [3.8, 4) is 6.07 Å². The topological polar surface area (TPSA) is 64.9 Å². The summed E-state index contributed by atoms with van der Waals surface area (Å²) in [7, 11) is 0. The molecule has 26 heavy (non-hydrogen) atoms. The van der Waals surface area contributed by atoms with Crippen LogP contribution in [0.15, 0.2) is 60.3 Å². The van der Waals surface area contributed by atoms with Gasteiger partial charge in [0.15, 0.2) is 0 Å². The number of nitrogens with zero attached hydrogens (tertiary/aromatic N) is 1. The summed E-state index contributed by atoms with van der Waals surface area (Å²) in [4.78, 5) is 12.1. The SMILES string of the molecule is N#C/C(=C/NCc1ccccc1Cl)C(=O)Nc1cccc(C(F)(F)F)c1. The van der Waals surface area contributed by atoms with Crippen LogP contribution in [0, 0.1) is 11.3 Å². The van der Waals surface area contributed by atoms with E-state index in [1.165, 1.54) is 18.3 Å². The Morgan fingerprint density at radius 3 is 2.58 bits per heavy atom. The molecule has 2 rings (SSSR count). The average molecular weight is 380 g/mol. The summed E-state index contributed by atoms with van der Waals surface area (Å²) in [6.45, 7) is 0.279. The average Bonchev–Trinajstić information content (AvgIpc) is 2.59. The molecule has 0 aromatic heterocycles. The van der Waals surface area contributed by atoms with Crippen LogP contribution < -0.4 is 10.6 Å². The van der Waals surface area contributed by atoms with E-state index in [0.29, 0.717) is 5.02 Å². The van der Waals surface area contributed by atoms with Crippen LogP contribution in [-0.2, 0) is 17.5 Å². The van der Waals surface area contributed by atoms with Gasteiger partial charge in [-0.15, -0.1) is 0 Å². The molecule has 2 aromatic rings. The van der Waals surface area contributed by atoms with E-state index in [1.54, 1.807) is 30.3 Å². The first-order valence-corrected chi connectivity index (χ1v) is 7.74. The first-order chi connectivity index (χ1) is 12.3. The molecule has 4 nitrogen and oxygen atoms in total. The number of nitriles is 1. The Morgan fingerprint density at radius 1 is 1.19 bits per heavy atom. The zero-order chi connectivity index (χ0) is 19.2. The van der Waals surface area contributed by atoms with Crippen molar-refractivity contribution in [1.29, 1.82) is 5.26 Å². The van der Waals surface area contributed by atoms with Gasteiger partial charge in [0.05, 0.1) is 5.56 Å². The molecule has 0 saturated carbocycles. The molecule has 2 aromatic carbocycles. The van der Waals surface area contributed by atoms with Crippen molar-refractivity contribution in [2.24, 2.45) is 0 Å². The van der Waals surface area contributed by atoms with Crippen molar-refractivity contribution >= 4 is 23.2 Å². The number of hydrogen-bond acceptors (Lipinski definition) is 3. The number of amides is 1. The molecule has 2 N–H and O–H groups in total. The van der Waals surface area contributed by atoms with Crippen LogP contribution in [0.1, 0.15) is 11.1 Å². The predicted molar refractivity (Wildman–Crippen MR) is 92.1 cm³/mol. The van der Waals surface area contributed by atoms with Crippen LogP contribution >= 0.6 is 11.6 Å². The number of rotatable bonds is 5. The summed E-state index contributed by atoms with van der Waals surface area (Å²) in [6.07, 6.45) is -3.34. The fraction of sp³-hybridized carbons (Fsp3) is 0.111. The molecule has 0 bridgehead atoms. The number of carbonyl (C=O) groups is 1. The van der Waals surface area contributed by atoms with E-state index < -0.39 is 17.6 Å². The lowest BCUT2D eigenvalue weighted by Gasteiger charge is -2.10. The van der Waals surface area contributed by atoms with Crippen LogP contribution in [0.4, 0.5) is 18.9 Å². The number of carbonyl (C=O) groups excluding carboxylic acids is 1. The normalized spacial score (nSPS) is 11.6. The van der Waals surface area contributed by atoms with Crippen LogP contribution in [0.5, 0.6) is 0 Å². The molecule has 0 fully saturated rings. The standard InChI is InChI=1S/C18H13ClF3N3O/c19-16-7-2-1-4-12(16)10-24-11-13(9-23)17(26)25-15-6-3-5-14(8-15)18(20,21)22/h1-8,11,24H,10H2,(H,25,26)/b13-11-. The van der Waals surface area contributed by atoms with E-state index in [0.717, 1.165) is 17.7 Å². The minimum atomic E-state index is -4.52. The Labute approximate surface area is 152 Å². The van der Waals surface area contributed by atoms with E-state index in [2.05, 4.69) is 10.6 Å². The third-order valence-electron chi connectivity index (χ3n) is 3.31. The van der Waals surface area contributed by atoms with Gasteiger partial charge in [-0.05, 0) is 29.8 Å². The fourth-order valence-corrected chi connectivity index (χ4v) is 2.23. The highest BCUT2D eigenvalue weighted by Crippen LogP contribution is 2.30. The van der Waals surface area contributed by atoms with Crippen LogP contribution in [0.3, 0.4) is 0 Å². The number of hydrogen-bond donors (Lipinski definition) is 2. The fourth-order valence-electron chi connectivity index (χ4n) is 2.03. The first kappa shape index (κ1) is 19.3. The summed E-state index contributed by atoms with van der Waals surface area (Å²) >= 11 is 6.00. The van der Waals surface area contributed by atoms with Crippen LogP contribution in [0.2, 0.25) is 5.02 Å². The lowest BCUT2D eigenvalue weighted by Crippen LogP contribution is -2.17. The van der Waals surface area contributed by atoms with Gasteiger partial charge < -0.3 is 10.6 Å². The smallest absolute Gasteiger partial charge is 0.386 e. The zero-order valence-electron chi connectivity index (χ0n) is 13.3.